The number of pyridine rings is 1. The second-order valence-electron chi connectivity index (χ2n) is 7.02. The summed E-state index contributed by atoms with van der Waals surface area (Å²) in [5.41, 5.74) is 6.09. The van der Waals surface area contributed by atoms with Gasteiger partial charge in [0, 0.05) is 13.1 Å². The zero-order valence-electron chi connectivity index (χ0n) is 14.5. The molecule has 1 aromatic heterocycles. The van der Waals surface area contributed by atoms with Crippen molar-refractivity contribution in [2.24, 2.45) is 0 Å². The molecule has 0 aliphatic carbocycles. The molecule has 8 heteroatoms. The molecule has 1 aliphatic heterocycles. The summed E-state index contributed by atoms with van der Waals surface area (Å²) < 4.78 is 33.8. The molecule has 1 saturated heterocycles. The number of hydrogen-bond donors (Lipinski definition) is 1. The summed E-state index contributed by atoms with van der Waals surface area (Å²) in [6, 6.07) is 3.26. The molecular formula is C16H24F2N4O2. The summed E-state index contributed by atoms with van der Waals surface area (Å²) in [6.45, 7) is 6.02. The minimum Gasteiger partial charge on any atom is -0.444 e. The van der Waals surface area contributed by atoms with Crippen molar-refractivity contribution >= 4 is 17.6 Å². The van der Waals surface area contributed by atoms with Gasteiger partial charge in [0.2, 0.25) is 0 Å². The van der Waals surface area contributed by atoms with E-state index in [-0.39, 0.29) is 13.1 Å². The standard InChI is InChI=1S/C16H24F2N4O2/c1-11-12(19)5-6-13(20-11)21-7-8-22(10-16(17,18)9-21)14(23)24-15(2,3)4/h5-6H,7-10,19H2,1-4H3. The zero-order chi connectivity index (χ0) is 18.1. The predicted molar refractivity (Wildman–Crippen MR) is 88.4 cm³/mol. The van der Waals surface area contributed by atoms with Gasteiger partial charge in [-0.15, -0.1) is 0 Å². The molecule has 0 saturated carbocycles. The van der Waals surface area contributed by atoms with Crippen LogP contribution in [0.15, 0.2) is 12.1 Å². The SMILES string of the molecule is Cc1nc(N2CCN(C(=O)OC(C)(C)C)CC(F)(F)C2)ccc1N. The number of carbonyl (C=O) groups is 1. The first-order chi connectivity index (χ1) is 11.0. The van der Waals surface area contributed by atoms with Crippen LogP contribution in [0.2, 0.25) is 0 Å². The van der Waals surface area contributed by atoms with Gasteiger partial charge in [-0.1, -0.05) is 0 Å². The van der Waals surface area contributed by atoms with Gasteiger partial charge in [-0.05, 0) is 39.8 Å². The number of carbonyl (C=O) groups excluding carboxylic acids is 1. The largest absolute Gasteiger partial charge is 0.444 e. The quantitative estimate of drug-likeness (QED) is 0.849. The van der Waals surface area contributed by atoms with Crippen LogP contribution in [0.4, 0.5) is 25.1 Å². The van der Waals surface area contributed by atoms with E-state index in [4.69, 9.17) is 10.5 Å². The maximum absolute atomic E-state index is 14.3. The van der Waals surface area contributed by atoms with Crippen LogP contribution in [0.1, 0.15) is 26.5 Å². The molecule has 0 bridgehead atoms. The summed E-state index contributed by atoms with van der Waals surface area (Å²) >= 11 is 0. The van der Waals surface area contributed by atoms with Crippen molar-refractivity contribution in [1.29, 1.82) is 0 Å². The van der Waals surface area contributed by atoms with Gasteiger partial charge in [0.05, 0.1) is 24.5 Å². The molecule has 1 fully saturated rings. The van der Waals surface area contributed by atoms with E-state index in [0.717, 1.165) is 4.90 Å². The van der Waals surface area contributed by atoms with E-state index in [1.165, 1.54) is 4.90 Å². The van der Waals surface area contributed by atoms with E-state index in [0.29, 0.717) is 17.2 Å². The molecular weight excluding hydrogens is 318 g/mol. The van der Waals surface area contributed by atoms with Gasteiger partial charge in [-0.2, -0.15) is 0 Å². The molecule has 24 heavy (non-hydrogen) atoms. The molecule has 6 nitrogen and oxygen atoms in total. The Hall–Kier alpha value is -2.12. The average Bonchev–Trinajstić information content (AvgIpc) is 2.58. The average molecular weight is 342 g/mol. The van der Waals surface area contributed by atoms with Crippen molar-refractivity contribution in [3.05, 3.63) is 17.8 Å². The third-order valence-electron chi connectivity index (χ3n) is 3.57. The monoisotopic (exact) mass is 342 g/mol. The Morgan fingerprint density at radius 1 is 1.29 bits per heavy atom. The van der Waals surface area contributed by atoms with Gasteiger partial charge in [-0.25, -0.2) is 18.6 Å². The predicted octanol–water partition coefficient (Wildman–Crippen LogP) is 2.66. The zero-order valence-corrected chi connectivity index (χ0v) is 14.5. The molecule has 0 unspecified atom stereocenters. The number of hydrogen-bond acceptors (Lipinski definition) is 5. The number of ether oxygens (including phenoxy) is 1. The number of amides is 1. The third kappa shape index (κ3) is 4.69. The highest BCUT2D eigenvalue weighted by molar-refractivity contribution is 5.68. The molecule has 0 radical (unpaired) electrons. The van der Waals surface area contributed by atoms with Gasteiger partial charge in [0.15, 0.2) is 0 Å². The number of nitrogens with zero attached hydrogens (tertiary/aromatic N) is 3. The van der Waals surface area contributed by atoms with Gasteiger partial charge >= 0.3 is 6.09 Å². The number of aromatic nitrogens is 1. The normalized spacial score (nSPS) is 18.2. The third-order valence-corrected chi connectivity index (χ3v) is 3.57. The molecule has 0 spiro atoms. The van der Waals surface area contributed by atoms with Gasteiger partial charge in [0.25, 0.3) is 5.92 Å². The maximum Gasteiger partial charge on any atom is 0.410 e. The fraction of sp³-hybridized carbons (Fsp3) is 0.625. The number of aryl methyl sites for hydroxylation is 1. The fourth-order valence-electron chi connectivity index (χ4n) is 2.42. The molecule has 2 rings (SSSR count). The first kappa shape index (κ1) is 18.2. The van der Waals surface area contributed by atoms with Crippen LogP contribution < -0.4 is 10.6 Å². The van der Waals surface area contributed by atoms with Crippen LogP contribution in [0.25, 0.3) is 0 Å². The lowest BCUT2D eigenvalue weighted by Crippen LogP contribution is -2.44. The van der Waals surface area contributed by atoms with Gasteiger partial charge in [0.1, 0.15) is 11.4 Å². The first-order valence-electron chi connectivity index (χ1n) is 7.81. The summed E-state index contributed by atoms with van der Waals surface area (Å²) in [7, 11) is 0. The molecule has 134 valence electrons. The van der Waals surface area contributed by atoms with Crippen LogP contribution in [0.5, 0.6) is 0 Å². The molecule has 0 atom stereocenters. The number of nitrogen functional groups attached to an aromatic ring is 1. The lowest BCUT2D eigenvalue weighted by atomic mass is 10.2. The second-order valence-corrected chi connectivity index (χ2v) is 7.02. The number of halogens is 2. The highest BCUT2D eigenvalue weighted by atomic mass is 19.3. The van der Waals surface area contributed by atoms with Crippen LogP contribution in [0.3, 0.4) is 0 Å². The van der Waals surface area contributed by atoms with Crippen molar-refractivity contribution in [3.63, 3.8) is 0 Å². The number of nitrogens with two attached hydrogens (primary N) is 1. The van der Waals surface area contributed by atoms with Crippen LogP contribution >= 0.6 is 0 Å². The summed E-state index contributed by atoms with van der Waals surface area (Å²) in [4.78, 5) is 18.9. The number of rotatable bonds is 1. The Labute approximate surface area is 140 Å². The number of alkyl halides is 2. The van der Waals surface area contributed by atoms with Gasteiger partial charge in [-0.3, -0.25) is 0 Å². The van der Waals surface area contributed by atoms with Crippen LogP contribution in [0, 0.1) is 6.92 Å². The van der Waals surface area contributed by atoms with E-state index in [1.807, 2.05) is 0 Å². The summed E-state index contributed by atoms with van der Waals surface area (Å²) in [5, 5.41) is 0. The Morgan fingerprint density at radius 2 is 1.96 bits per heavy atom. The van der Waals surface area contributed by atoms with Crippen LogP contribution in [-0.4, -0.2) is 53.7 Å². The molecule has 0 aromatic carbocycles. The Morgan fingerprint density at radius 3 is 2.54 bits per heavy atom. The minimum absolute atomic E-state index is 0.135. The van der Waals surface area contributed by atoms with Crippen molar-refractivity contribution < 1.29 is 18.3 Å². The topological polar surface area (TPSA) is 71.7 Å². The Kier molecular flexibility index (Phi) is 4.87. The minimum atomic E-state index is -3.07. The summed E-state index contributed by atoms with van der Waals surface area (Å²) in [5.74, 6) is -2.64. The highest BCUT2D eigenvalue weighted by Crippen LogP contribution is 2.26. The maximum atomic E-state index is 14.3. The smallest absolute Gasteiger partial charge is 0.410 e. The van der Waals surface area contributed by atoms with Crippen molar-refractivity contribution in [1.82, 2.24) is 9.88 Å². The second kappa shape index (κ2) is 6.41. The van der Waals surface area contributed by atoms with Crippen molar-refractivity contribution in [2.45, 2.75) is 39.2 Å². The molecule has 1 amide bonds. The van der Waals surface area contributed by atoms with Crippen molar-refractivity contribution in [3.8, 4) is 0 Å². The first-order valence-corrected chi connectivity index (χ1v) is 7.81. The van der Waals surface area contributed by atoms with E-state index < -0.39 is 30.7 Å². The van der Waals surface area contributed by atoms with Gasteiger partial charge < -0.3 is 20.3 Å². The highest BCUT2D eigenvalue weighted by Gasteiger charge is 2.40. The summed E-state index contributed by atoms with van der Waals surface area (Å²) in [6.07, 6.45) is -0.731. The number of anilines is 2. The molecule has 2 N–H and O–H groups in total. The molecule has 2 heterocycles. The van der Waals surface area contributed by atoms with Crippen molar-refractivity contribution in [2.75, 3.05) is 36.8 Å². The Balaban J connectivity index is 2.17. The van der Waals surface area contributed by atoms with E-state index in [1.54, 1.807) is 39.8 Å². The van der Waals surface area contributed by atoms with E-state index >= 15 is 0 Å². The van der Waals surface area contributed by atoms with Crippen LogP contribution in [-0.2, 0) is 4.74 Å². The fourth-order valence-corrected chi connectivity index (χ4v) is 2.42. The lowest BCUT2D eigenvalue weighted by molar-refractivity contribution is -0.0285. The Bertz CT molecular complexity index is 617. The lowest BCUT2D eigenvalue weighted by Gasteiger charge is -2.27. The van der Waals surface area contributed by atoms with E-state index in [2.05, 4.69) is 4.98 Å². The molecule has 1 aromatic rings. The molecule has 1 aliphatic rings. The van der Waals surface area contributed by atoms with E-state index in [9.17, 15) is 13.6 Å².